The zero-order chi connectivity index (χ0) is 11.0. The number of hydrogen-bond donors (Lipinski definition) is 2. The monoisotopic (exact) mass is 217 g/mol. The van der Waals surface area contributed by atoms with Crippen LogP contribution in [0.3, 0.4) is 0 Å². The minimum Gasteiger partial charge on any atom is -0.380 e. The van der Waals surface area contributed by atoms with E-state index in [-0.39, 0.29) is 5.41 Å². The first-order valence-electron chi connectivity index (χ1n) is 5.52. The predicted molar refractivity (Wildman–Crippen MR) is 63.5 cm³/mol. The van der Waals surface area contributed by atoms with Gasteiger partial charge in [0.05, 0.1) is 24.2 Å². The Hall–Kier alpha value is -1.55. The molecule has 1 aromatic heterocycles. The summed E-state index contributed by atoms with van der Waals surface area (Å²) in [5, 5.41) is 3.33. The molecule has 0 atom stereocenters. The van der Waals surface area contributed by atoms with Crippen LogP contribution in [-0.2, 0) is 4.74 Å². The number of anilines is 1. The number of fused-ring (bicyclic) bond motifs is 1. The fourth-order valence-corrected chi connectivity index (χ4v) is 1.89. The highest BCUT2D eigenvalue weighted by Gasteiger charge is 2.33. The third-order valence-corrected chi connectivity index (χ3v) is 2.97. The van der Waals surface area contributed by atoms with Gasteiger partial charge in [-0.1, -0.05) is 19.1 Å². The Balaban J connectivity index is 1.74. The third-order valence-electron chi connectivity index (χ3n) is 2.97. The number of aromatic amines is 1. The maximum absolute atomic E-state index is 5.21. The van der Waals surface area contributed by atoms with Crippen molar-refractivity contribution in [2.75, 3.05) is 25.1 Å². The molecular weight excluding hydrogens is 202 g/mol. The molecule has 3 rings (SSSR count). The topological polar surface area (TPSA) is 49.9 Å². The summed E-state index contributed by atoms with van der Waals surface area (Å²) < 4.78 is 5.21. The zero-order valence-electron chi connectivity index (χ0n) is 9.29. The van der Waals surface area contributed by atoms with E-state index in [1.165, 1.54) is 0 Å². The number of imidazole rings is 1. The molecule has 4 heteroatoms. The van der Waals surface area contributed by atoms with E-state index in [1.54, 1.807) is 0 Å². The molecule has 1 aliphatic rings. The first kappa shape index (κ1) is 9.66. The highest BCUT2D eigenvalue weighted by atomic mass is 16.5. The van der Waals surface area contributed by atoms with Gasteiger partial charge in [-0.25, -0.2) is 4.98 Å². The van der Waals surface area contributed by atoms with Crippen molar-refractivity contribution < 1.29 is 4.74 Å². The molecule has 0 saturated carbocycles. The van der Waals surface area contributed by atoms with Crippen molar-refractivity contribution in [3.63, 3.8) is 0 Å². The Bertz CT molecular complexity index is 469. The van der Waals surface area contributed by atoms with E-state index >= 15 is 0 Å². The van der Waals surface area contributed by atoms with Gasteiger partial charge in [0.25, 0.3) is 0 Å². The number of nitrogens with one attached hydrogen (secondary N) is 2. The second kappa shape index (κ2) is 3.49. The van der Waals surface area contributed by atoms with E-state index < -0.39 is 0 Å². The highest BCUT2D eigenvalue weighted by molar-refractivity contribution is 5.77. The molecular formula is C12H15N3O. The molecule has 0 spiro atoms. The van der Waals surface area contributed by atoms with Crippen LogP contribution in [0, 0.1) is 5.41 Å². The second-order valence-corrected chi connectivity index (χ2v) is 4.76. The van der Waals surface area contributed by atoms with Crippen molar-refractivity contribution in [3.05, 3.63) is 24.3 Å². The summed E-state index contributed by atoms with van der Waals surface area (Å²) in [6.07, 6.45) is 0. The SMILES string of the molecule is CC1(CNc2nc3ccccc3[nH]2)COC1. The summed E-state index contributed by atoms with van der Waals surface area (Å²) in [7, 11) is 0. The van der Waals surface area contributed by atoms with E-state index in [9.17, 15) is 0 Å². The molecule has 0 radical (unpaired) electrons. The average Bonchev–Trinajstić information content (AvgIpc) is 2.66. The maximum Gasteiger partial charge on any atom is 0.201 e. The van der Waals surface area contributed by atoms with E-state index in [2.05, 4.69) is 22.2 Å². The Morgan fingerprint density at radius 3 is 2.94 bits per heavy atom. The number of hydrogen-bond acceptors (Lipinski definition) is 3. The molecule has 0 bridgehead atoms. The third kappa shape index (κ3) is 1.65. The van der Waals surface area contributed by atoms with Crippen LogP contribution in [0.4, 0.5) is 5.95 Å². The van der Waals surface area contributed by atoms with Crippen molar-refractivity contribution >= 4 is 17.0 Å². The number of ether oxygens (including phenoxy) is 1. The van der Waals surface area contributed by atoms with E-state index in [1.807, 2.05) is 24.3 Å². The molecule has 2 N–H and O–H groups in total. The summed E-state index contributed by atoms with van der Waals surface area (Å²) in [5.41, 5.74) is 2.33. The average molecular weight is 217 g/mol. The standard InChI is InChI=1S/C12H15N3O/c1-12(7-16-8-12)6-13-11-14-9-4-2-3-5-10(9)15-11/h2-5H,6-8H2,1H3,(H2,13,14,15). The summed E-state index contributed by atoms with van der Waals surface area (Å²) in [4.78, 5) is 7.72. The smallest absolute Gasteiger partial charge is 0.201 e. The van der Waals surface area contributed by atoms with Crippen LogP contribution < -0.4 is 5.32 Å². The highest BCUT2D eigenvalue weighted by Crippen LogP contribution is 2.26. The van der Waals surface area contributed by atoms with Crippen molar-refractivity contribution in [3.8, 4) is 0 Å². The molecule has 1 fully saturated rings. The molecule has 1 aromatic carbocycles. The van der Waals surface area contributed by atoms with Crippen LogP contribution in [0.5, 0.6) is 0 Å². The Morgan fingerprint density at radius 1 is 1.44 bits per heavy atom. The molecule has 2 aromatic rings. The van der Waals surface area contributed by atoms with Gasteiger partial charge in [-0.2, -0.15) is 0 Å². The molecule has 0 aliphatic carbocycles. The number of rotatable bonds is 3. The summed E-state index contributed by atoms with van der Waals surface area (Å²) >= 11 is 0. The van der Waals surface area contributed by atoms with Crippen molar-refractivity contribution in [2.45, 2.75) is 6.92 Å². The maximum atomic E-state index is 5.21. The van der Waals surface area contributed by atoms with Crippen LogP contribution in [0.2, 0.25) is 0 Å². The summed E-state index contributed by atoms with van der Waals surface area (Å²) in [6, 6.07) is 8.03. The molecule has 1 aliphatic heterocycles. The lowest BCUT2D eigenvalue weighted by Crippen LogP contribution is -2.45. The number of benzene rings is 1. The van der Waals surface area contributed by atoms with Crippen molar-refractivity contribution in [1.29, 1.82) is 0 Å². The van der Waals surface area contributed by atoms with E-state index in [0.717, 1.165) is 36.7 Å². The number of nitrogens with zero attached hydrogens (tertiary/aromatic N) is 1. The van der Waals surface area contributed by atoms with E-state index in [4.69, 9.17) is 4.74 Å². The number of aromatic nitrogens is 2. The largest absolute Gasteiger partial charge is 0.380 e. The van der Waals surface area contributed by atoms with Gasteiger partial charge in [-0.15, -0.1) is 0 Å². The van der Waals surface area contributed by atoms with Crippen LogP contribution in [0.25, 0.3) is 11.0 Å². The van der Waals surface area contributed by atoms with Gasteiger partial charge in [0.15, 0.2) is 0 Å². The predicted octanol–water partition coefficient (Wildman–Crippen LogP) is 2.01. The minimum absolute atomic E-state index is 0.263. The normalized spacial score (nSPS) is 18.3. The van der Waals surface area contributed by atoms with Crippen LogP contribution >= 0.6 is 0 Å². The summed E-state index contributed by atoms with van der Waals surface area (Å²) in [6.45, 7) is 4.78. The van der Waals surface area contributed by atoms with Gasteiger partial charge >= 0.3 is 0 Å². The lowest BCUT2D eigenvalue weighted by atomic mass is 9.89. The quantitative estimate of drug-likeness (QED) is 0.826. The number of H-pyrrole nitrogens is 1. The van der Waals surface area contributed by atoms with Gasteiger partial charge < -0.3 is 15.0 Å². The Kier molecular flexibility index (Phi) is 2.11. The van der Waals surface area contributed by atoms with Gasteiger partial charge in [-0.05, 0) is 12.1 Å². The fourth-order valence-electron chi connectivity index (χ4n) is 1.89. The molecule has 0 amide bonds. The van der Waals surface area contributed by atoms with Crippen LogP contribution in [-0.4, -0.2) is 29.7 Å². The van der Waals surface area contributed by atoms with Crippen LogP contribution in [0.1, 0.15) is 6.92 Å². The van der Waals surface area contributed by atoms with E-state index in [0.29, 0.717) is 0 Å². The molecule has 1 saturated heterocycles. The molecule has 4 nitrogen and oxygen atoms in total. The lowest BCUT2D eigenvalue weighted by Gasteiger charge is -2.37. The Labute approximate surface area is 94.0 Å². The van der Waals surface area contributed by atoms with Gasteiger partial charge in [-0.3, -0.25) is 0 Å². The molecule has 2 heterocycles. The fraction of sp³-hybridized carbons (Fsp3) is 0.417. The minimum atomic E-state index is 0.263. The van der Waals surface area contributed by atoms with Crippen LogP contribution in [0.15, 0.2) is 24.3 Å². The van der Waals surface area contributed by atoms with Gasteiger partial charge in [0.1, 0.15) is 0 Å². The zero-order valence-corrected chi connectivity index (χ0v) is 9.29. The summed E-state index contributed by atoms with van der Waals surface area (Å²) in [5.74, 6) is 0.842. The van der Waals surface area contributed by atoms with Gasteiger partial charge in [0.2, 0.25) is 5.95 Å². The first-order valence-corrected chi connectivity index (χ1v) is 5.52. The van der Waals surface area contributed by atoms with Crippen molar-refractivity contribution in [2.24, 2.45) is 5.41 Å². The van der Waals surface area contributed by atoms with Gasteiger partial charge in [0, 0.05) is 12.0 Å². The second-order valence-electron chi connectivity index (χ2n) is 4.76. The Morgan fingerprint density at radius 2 is 2.25 bits per heavy atom. The lowest BCUT2D eigenvalue weighted by molar-refractivity contribution is -0.0925. The molecule has 0 unspecified atom stereocenters. The van der Waals surface area contributed by atoms with Crippen molar-refractivity contribution in [1.82, 2.24) is 9.97 Å². The number of para-hydroxylation sites is 2. The molecule has 84 valence electrons. The molecule has 16 heavy (non-hydrogen) atoms. The first-order chi connectivity index (χ1) is 7.75.